The first-order valence-corrected chi connectivity index (χ1v) is 9.18. The van der Waals surface area contributed by atoms with Crippen LogP contribution in [0.15, 0.2) is 60.9 Å². The third-order valence-corrected chi connectivity index (χ3v) is 4.35. The number of benzene rings is 2. The van der Waals surface area contributed by atoms with Gasteiger partial charge in [-0.2, -0.15) is 0 Å². The van der Waals surface area contributed by atoms with Crippen molar-refractivity contribution < 1.29 is 14.3 Å². The number of carbonyl (C=O) groups excluding carboxylic acids is 2. The van der Waals surface area contributed by atoms with E-state index >= 15 is 0 Å². The second-order valence-corrected chi connectivity index (χ2v) is 6.35. The second-order valence-electron chi connectivity index (χ2n) is 6.35. The van der Waals surface area contributed by atoms with E-state index in [0.717, 1.165) is 11.3 Å². The molecule has 1 N–H and O–H groups in total. The Kier molecular flexibility index (Phi) is 6.19. The van der Waals surface area contributed by atoms with Crippen LogP contribution in [0.3, 0.4) is 0 Å². The Balaban J connectivity index is 1.80. The SMILES string of the molecule is CCN(c1cccc(C)c1)c1ncc(C(=O)Nc2ccccc2C(=O)OC)cn1. The summed E-state index contributed by atoms with van der Waals surface area (Å²) < 4.78 is 4.75. The highest BCUT2D eigenvalue weighted by molar-refractivity contribution is 6.07. The lowest BCUT2D eigenvalue weighted by Crippen LogP contribution is -2.20. The van der Waals surface area contributed by atoms with Crippen molar-refractivity contribution in [3.05, 3.63) is 77.6 Å². The summed E-state index contributed by atoms with van der Waals surface area (Å²) in [7, 11) is 1.29. The molecule has 0 spiro atoms. The van der Waals surface area contributed by atoms with Crippen molar-refractivity contribution in [3.8, 4) is 0 Å². The Labute approximate surface area is 169 Å². The van der Waals surface area contributed by atoms with E-state index < -0.39 is 11.9 Å². The number of hydrogen-bond donors (Lipinski definition) is 1. The van der Waals surface area contributed by atoms with Gasteiger partial charge in [0.2, 0.25) is 5.95 Å². The third kappa shape index (κ3) is 4.57. The van der Waals surface area contributed by atoms with E-state index in [0.29, 0.717) is 18.2 Å². The maximum absolute atomic E-state index is 12.6. The lowest BCUT2D eigenvalue weighted by molar-refractivity contribution is 0.0602. The minimum atomic E-state index is -0.524. The first kappa shape index (κ1) is 20.0. The summed E-state index contributed by atoms with van der Waals surface area (Å²) in [5.74, 6) is -0.430. The number of aromatic nitrogens is 2. The van der Waals surface area contributed by atoms with Crippen LogP contribution in [-0.4, -0.2) is 35.5 Å². The number of hydrogen-bond acceptors (Lipinski definition) is 6. The zero-order valence-electron chi connectivity index (χ0n) is 16.5. The van der Waals surface area contributed by atoms with Crippen molar-refractivity contribution in [1.29, 1.82) is 0 Å². The molecular weight excluding hydrogens is 368 g/mol. The van der Waals surface area contributed by atoms with Crippen LogP contribution in [0.5, 0.6) is 0 Å². The number of nitrogens with one attached hydrogen (secondary N) is 1. The molecule has 1 amide bonds. The van der Waals surface area contributed by atoms with E-state index in [9.17, 15) is 9.59 Å². The minimum absolute atomic E-state index is 0.275. The van der Waals surface area contributed by atoms with E-state index in [1.54, 1.807) is 24.3 Å². The molecule has 0 aliphatic heterocycles. The lowest BCUT2D eigenvalue weighted by Gasteiger charge is -2.21. The molecule has 3 rings (SSSR count). The van der Waals surface area contributed by atoms with Crippen LogP contribution < -0.4 is 10.2 Å². The van der Waals surface area contributed by atoms with Crippen LogP contribution in [0, 0.1) is 6.92 Å². The van der Waals surface area contributed by atoms with Gasteiger partial charge in [0, 0.05) is 24.6 Å². The smallest absolute Gasteiger partial charge is 0.339 e. The van der Waals surface area contributed by atoms with Gasteiger partial charge >= 0.3 is 5.97 Å². The summed E-state index contributed by atoms with van der Waals surface area (Å²) in [6.07, 6.45) is 2.94. The predicted octanol–water partition coefficient (Wildman–Crippen LogP) is 3.98. The zero-order valence-corrected chi connectivity index (χ0v) is 16.5. The first-order valence-electron chi connectivity index (χ1n) is 9.18. The van der Waals surface area contributed by atoms with Gasteiger partial charge < -0.3 is 15.0 Å². The Morgan fingerprint density at radius 2 is 1.79 bits per heavy atom. The molecule has 0 radical (unpaired) electrons. The topological polar surface area (TPSA) is 84.4 Å². The Hall–Kier alpha value is -3.74. The summed E-state index contributed by atoms with van der Waals surface area (Å²) in [5, 5.41) is 2.71. The molecule has 2 aromatic carbocycles. The van der Waals surface area contributed by atoms with E-state index in [-0.39, 0.29) is 11.1 Å². The van der Waals surface area contributed by atoms with Crippen LogP contribution in [0.2, 0.25) is 0 Å². The van der Waals surface area contributed by atoms with Gasteiger partial charge in [0.1, 0.15) is 0 Å². The number of anilines is 3. The number of aryl methyl sites for hydroxylation is 1. The molecule has 0 fully saturated rings. The molecule has 0 saturated carbocycles. The van der Waals surface area contributed by atoms with Crippen molar-refractivity contribution >= 4 is 29.2 Å². The Morgan fingerprint density at radius 3 is 2.45 bits per heavy atom. The highest BCUT2D eigenvalue weighted by atomic mass is 16.5. The number of carbonyl (C=O) groups is 2. The third-order valence-electron chi connectivity index (χ3n) is 4.35. The normalized spacial score (nSPS) is 10.3. The number of amides is 1. The summed E-state index contributed by atoms with van der Waals surface area (Å²) in [4.78, 5) is 35.1. The molecule has 1 aromatic heterocycles. The standard InChI is InChI=1S/C22H22N4O3/c1-4-26(17-9-7-8-15(2)12-17)22-23-13-16(14-24-22)20(27)25-19-11-6-5-10-18(19)21(28)29-3/h5-14H,4H2,1-3H3,(H,25,27). The van der Waals surface area contributed by atoms with Crippen LogP contribution in [0.25, 0.3) is 0 Å². The largest absolute Gasteiger partial charge is 0.465 e. The van der Waals surface area contributed by atoms with Gasteiger partial charge in [0.15, 0.2) is 0 Å². The molecule has 1 heterocycles. The van der Waals surface area contributed by atoms with E-state index in [1.807, 2.05) is 36.9 Å². The molecule has 3 aromatic rings. The summed E-state index contributed by atoms with van der Waals surface area (Å²) in [5.41, 5.74) is 3.05. The van der Waals surface area contributed by atoms with Crippen LogP contribution in [-0.2, 0) is 4.74 Å². The molecule has 7 heteroatoms. The highest BCUT2D eigenvalue weighted by Gasteiger charge is 2.16. The van der Waals surface area contributed by atoms with Crippen LogP contribution in [0.1, 0.15) is 33.2 Å². The molecule has 0 saturated heterocycles. The maximum Gasteiger partial charge on any atom is 0.339 e. The van der Waals surface area contributed by atoms with E-state index in [1.165, 1.54) is 19.5 Å². The van der Waals surface area contributed by atoms with Crippen molar-refractivity contribution in [2.45, 2.75) is 13.8 Å². The summed E-state index contributed by atoms with van der Waals surface area (Å²) in [6.45, 7) is 4.72. The molecule has 29 heavy (non-hydrogen) atoms. The number of esters is 1. The van der Waals surface area contributed by atoms with Crippen LogP contribution >= 0.6 is 0 Å². The van der Waals surface area contributed by atoms with Gasteiger partial charge in [-0.1, -0.05) is 24.3 Å². The minimum Gasteiger partial charge on any atom is -0.465 e. The summed E-state index contributed by atoms with van der Waals surface area (Å²) >= 11 is 0. The highest BCUT2D eigenvalue weighted by Crippen LogP contribution is 2.23. The number of methoxy groups -OCH3 is 1. The molecule has 0 aliphatic carbocycles. The molecule has 148 valence electrons. The van der Waals surface area contributed by atoms with Gasteiger partial charge in [0.05, 0.1) is 23.9 Å². The fourth-order valence-corrected chi connectivity index (χ4v) is 2.89. The van der Waals surface area contributed by atoms with E-state index in [2.05, 4.69) is 21.4 Å². The average molecular weight is 390 g/mol. The van der Waals surface area contributed by atoms with Crippen LogP contribution in [0.4, 0.5) is 17.3 Å². The Bertz CT molecular complexity index is 1020. The Morgan fingerprint density at radius 1 is 1.07 bits per heavy atom. The van der Waals surface area contributed by atoms with Crippen molar-refractivity contribution in [2.75, 3.05) is 23.9 Å². The monoisotopic (exact) mass is 390 g/mol. The average Bonchev–Trinajstić information content (AvgIpc) is 2.74. The molecule has 0 unspecified atom stereocenters. The quantitative estimate of drug-likeness (QED) is 0.641. The predicted molar refractivity (Wildman–Crippen MR) is 112 cm³/mol. The maximum atomic E-state index is 12.6. The number of para-hydroxylation sites is 1. The van der Waals surface area contributed by atoms with Gasteiger partial charge in [-0.05, 0) is 43.7 Å². The number of nitrogens with zero attached hydrogens (tertiary/aromatic N) is 3. The van der Waals surface area contributed by atoms with E-state index in [4.69, 9.17) is 4.74 Å². The van der Waals surface area contributed by atoms with Crippen molar-refractivity contribution in [2.24, 2.45) is 0 Å². The van der Waals surface area contributed by atoms with Gasteiger partial charge in [-0.25, -0.2) is 14.8 Å². The fraction of sp³-hybridized carbons (Fsp3) is 0.182. The van der Waals surface area contributed by atoms with Crippen molar-refractivity contribution in [3.63, 3.8) is 0 Å². The fourth-order valence-electron chi connectivity index (χ4n) is 2.89. The molecule has 0 bridgehead atoms. The number of ether oxygens (including phenoxy) is 1. The molecule has 0 atom stereocenters. The van der Waals surface area contributed by atoms with Gasteiger partial charge in [-0.15, -0.1) is 0 Å². The lowest BCUT2D eigenvalue weighted by atomic mass is 10.1. The van der Waals surface area contributed by atoms with Gasteiger partial charge in [0.25, 0.3) is 5.91 Å². The zero-order chi connectivity index (χ0) is 20.8. The van der Waals surface area contributed by atoms with Crippen molar-refractivity contribution in [1.82, 2.24) is 9.97 Å². The van der Waals surface area contributed by atoms with Gasteiger partial charge in [-0.3, -0.25) is 4.79 Å². The second kappa shape index (κ2) is 8.97. The molecular formula is C22H22N4O3. The first-order chi connectivity index (χ1) is 14.0. The molecule has 0 aliphatic rings. The molecule has 7 nitrogen and oxygen atoms in total. The number of rotatable bonds is 6. The summed E-state index contributed by atoms with van der Waals surface area (Å²) in [6, 6.07) is 14.7.